The van der Waals surface area contributed by atoms with Crippen molar-refractivity contribution in [3.63, 3.8) is 0 Å². The van der Waals surface area contributed by atoms with E-state index in [0.29, 0.717) is 6.07 Å². The predicted molar refractivity (Wildman–Crippen MR) is 124 cm³/mol. The zero-order valence-corrected chi connectivity index (χ0v) is 22.1. The number of carbonyl (C=O) groups excluding carboxylic acids is 1. The van der Waals surface area contributed by atoms with E-state index in [2.05, 4.69) is 4.98 Å². The van der Waals surface area contributed by atoms with Crippen LogP contribution in [0.4, 0.5) is 39.9 Å². The van der Waals surface area contributed by atoms with Gasteiger partial charge in [-0.15, -0.1) is 0 Å². The van der Waals surface area contributed by atoms with Crippen molar-refractivity contribution in [2.24, 2.45) is 0 Å². The second kappa shape index (κ2) is 9.28. The number of benzene rings is 1. The monoisotopic (exact) mass is 600 g/mol. The van der Waals surface area contributed by atoms with Crippen LogP contribution in [0.2, 0.25) is 0 Å². The zero-order valence-electron chi connectivity index (χ0n) is 21.3. The maximum Gasteiger partial charge on any atom is 0.436 e. The van der Waals surface area contributed by atoms with Gasteiger partial charge in [0, 0.05) is 18.3 Å². The summed E-state index contributed by atoms with van der Waals surface area (Å²) in [4.78, 5) is 17.5. The van der Waals surface area contributed by atoms with E-state index in [1.807, 2.05) is 0 Å². The number of nitrogens with zero attached hydrogens (tertiary/aromatic N) is 2. The van der Waals surface area contributed by atoms with Crippen molar-refractivity contribution in [2.75, 3.05) is 6.54 Å². The molecule has 0 spiro atoms. The molecule has 0 saturated carbocycles. The van der Waals surface area contributed by atoms with Crippen LogP contribution >= 0.6 is 0 Å². The third kappa shape index (κ3) is 4.49. The molecule has 15 heteroatoms. The number of pyridine rings is 1. The van der Waals surface area contributed by atoms with Crippen molar-refractivity contribution >= 4 is 15.9 Å². The summed E-state index contributed by atoms with van der Waals surface area (Å²) < 4.78 is 140. The number of amides is 1. The van der Waals surface area contributed by atoms with E-state index in [-0.39, 0.29) is 37.6 Å². The number of ether oxygens (including phenoxy) is 1. The second-order valence-electron chi connectivity index (χ2n) is 10.7. The van der Waals surface area contributed by atoms with Gasteiger partial charge in [-0.1, -0.05) is 0 Å². The highest BCUT2D eigenvalue weighted by Crippen LogP contribution is 2.56. The summed E-state index contributed by atoms with van der Waals surface area (Å²) >= 11 is 0. The molecule has 1 amide bonds. The molecule has 1 fully saturated rings. The molecule has 6 nitrogen and oxygen atoms in total. The average Bonchev–Trinajstić information content (AvgIpc) is 3.23. The molecule has 1 saturated heterocycles. The first kappa shape index (κ1) is 30.0. The quantitative estimate of drug-likeness (QED) is 0.313. The minimum absolute atomic E-state index is 0.0280. The molecule has 2 aliphatic rings. The lowest BCUT2D eigenvalue weighted by Crippen LogP contribution is -2.54. The predicted octanol–water partition coefficient (Wildman–Crippen LogP) is 6.13. The lowest BCUT2D eigenvalue weighted by atomic mass is 9.80. The minimum atomic E-state index is -6.39. The molecular formula is C25H24F8N2O4S. The number of sulfone groups is 1. The number of aryl methyl sites for hydroxylation is 1. The fourth-order valence-corrected chi connectivity index (χ4v) is 7.70. The van der Waals surface area contributed by atoms with Crippen molar-refractivity contribution in [3.05, 3.63) is 59.2 Å². The molecule has 2 aromatic rings. The Morgan fingerprint density at radius 2 is 1.60 bits per heavy atom. The van der Waals surface area contributed by atoms with Gasteiger partial charge in [0.15, 0.2) is 9.84 Å². The Kier molecular flexibility index (Phi) is 6.96. The van der Waals surface area contributed by atoms with Crippen molar-refractivity contribution in [3.8, 4) is 0 Å². The second-order valence-corrected chi connectivity index (χ2v) is 12.9. The Labute approximate surface area is 224 Å². The molecule has 1 aromatic carbocycles. The maximum absolute atomic E-state index is 14.8. The van der Waals surface area contributed by atoms with Crippen molar-refractivity contribution in [1.29, 1.82) is 0 Å². The van der Waals surface area contributed by atoms with Gasteiger partial charge in [-0.3, -0.25) is 4.98 Å². The van der Waals surface area contributed by atoms with Gasteiger partial charge >= 0.3 is 24.1 Å². The van der Waals surface area contributed by atoms with Crippen LogP contribution in [0.1, 0.15) is 50.4 Å². The summed E-state index contributed by atoms with van der Waals surface area (Å²) in [7, 11) is -4.62. The molecule has 2 unspecified atom stereocenters. The number of rotatable bonds is 3. The van der Waals surface area contributed by atoms with Crippen molar-refractivity contribution in [2.45, 2.75) is 79.3 Å². The van der Waals surface area contributed by atoms with Crippen LogP contribution in [0, 0.1) is 5.82 Å². The van der Waals surface area contributed by atoms with E-state index in [1.54, 1.807) is 20.8 Å². The fraction of sp³-hybridized carbons (Fsp3) is 0.520. The van der Waals surface area contributed by atoms with Gasteiger partial charge in [0.2, 0.25) is 0 Å². The Hall–Kier alpha value is -2.97. The molecule has 0 N–H and O–H groups in total. The van der Waals surface area contributed by atoms with Crippen LogP contribution in [0.15, 0.2) is 41.4 Å². The SMILES string of the molecule is CC(C)(C)OC(=O)N1CCC2(S(=O)(=O)c3ccc(F)cc3)c3ncc(C(F)(C(F)(F)F)C(F)(F)F)cc3CCC12. The number of aromatic nitrogens is 1. The first-order valence-electron chi connectivity index (χ1n) is 12.0. The molecular weight excluding hydrogens is 576 g/mol. The summed E-state index contributed by atoms with van der Waals surface area (Å²) in [6.45, 7) is 4.52. The topological polar surface area (TPSA) is 76.6 Å². The van der Waals surface area contributed by atoms with Crippen molar-refractivity contribution < 1.29 is 53.1 Å². The Balaban J connectivity index is 1.94. The minimum Gasteiger partial charge on any atom is -0.444 e. The van der Waals surface area contributed by atoms with E-state index in [0.717, 1.165) is 29.2 Å². The van der Waals surface area contributed by atoms with Gasteiger partial charge < -0.3 is 9.64 Å². The molecule has 1 aromatic heterocycles. The lowest BCUT2D eigenvalue weighted by Gasteiger charge is -2.42. The van der Waals surface area contributed by atoms with Crippen LogP contribution in [0.5, 0.6) is 0 Å². The largest absolute Gasteiger partial charge is 0.444 e. The lowest BCUT2D eigenvalue weighted by molar-refractivity contribution is -0.348. The van der Waals surface area contributed by atoms with E-state index in [1.165, 1.54) is 0 Å². The Morgan fingerprint density at radius 1 is 1.02 bits per heavy atom. The van der Waals surface area contributed by atoms with Crippen molar-refractivity contribution in [1.82, 2.24) is 9.88 Å². The summed E-state index contributed by atoms with van der Waals surface area (Å²) in [6.07, 6.45) is -14.5. The number of carbonyl (C=O) groups is 1. The summed E-state index contributed by atoms with van der Waals surface area (Å²) in [5.74, 6) is -0.764. The van der Waals surface area contributed by atoms with Gasteiger partial charge in [-0.2, -0.15) is 26.3 Å². The van der Waals surface area contributed by atoms with Gasteiger partial charge in [0.1, 0.15) is 16.2 Å². The molecule has 0 bridgehead atoms. The molecule has 220 valence electrons. The first-order chi connectivity index (χ1) is 18.2. The van der Waals surface area contributed by atoms with Crippen LogP contribution in [-0.4, -0.2) is 54.9 Å². The van der Waals surface area contributed by atoms with Crippen LogP contribution < -0.4 is 0 Å². The van der Waals surface area contributed by atoms with Gasteiger partial charge in [-0.05, 0) is 75.9 Å². The standard InChI is InChI=1S/C25H24F8N2O4S/c1-21(2,3)39-20(36)35-11-10-22(40(37,38)17-7-5-16(26)6-8-17)18(35)9-4-14-12-15(13-34-19(14)22)23(27,24(28,29)30)25(31,32)33/h5-8,12-13,18H,4,9-11H2,1-3H3. The third-order valence-corrected chi connectivity index (χ3v) is 9.63. The van der Waals surface area contributed by atoms with Gasteiger partial charge in [0.05, 0.1) is 16.6 Å². The summed E-state index contributed by atoms with van der Waals surface area (Å²) in [5, 5.41) is 0. The zero-order chi connectivity index (χ0) is 30.1. The third-order valence-electron chi connectivity index (χ3n) is 7.10. The number of likely N-dealkylation sites (tertiary alicyclic amines) is 1. The Morgan fingerprint density at radius 3 is 2.12 bits per heavy atom. The number of hydrogen-bond donors (Lipinski definition) is 0. The van der Waals surface area contributed by atoms with E-state index in [4.69, 9.17) is 4.74 Å². The molecule has 4 rings (SSSR count). The number of alkyl halides is 7. The molecule has 2 atom stereocenters. The van der Waals surface area contributed by atoms with Gasteiger partial charge in [0.25, 0.3) is 0 Å². The normalized spacial score (nSPS) is 22.1. The van der Waals surface area contributed by atoms with Crippen LogP contribution in [0.25, 0.3) is 0 Å². The highest BCUT2D eigenvalue weighted by Gasteiger charge is 2.74. The number of halogens is 8. The van der Waals surface area contributed by atoms with E-state index < -0.39 is 72.3 Å². The molecule has 1 aliphatic heterocycles. The van der Waals surface area contributed by atoms with E-state index in [9.17, 15) is 48.3 Å². The highest BCUT2D eigenvalue weighted by molar-refractivity contribution is 7.92. The fourth-order valence-electron chi connectivity index (χ4n) is 5.38. The molecule has 2 heterocycles. The van der Waals surface area contributed by atoms with Crippen LogP contribution in [-0.2, 0) is 31.4 Å². The smallest absolute Gasteiger partial charge is 0.436 e. The average molecular weight is 601 g/mol. The van der Waals surface area contributed by atoms with Crippen LogP contribution in [0.3, 0.4) is 0 Å². The highest BCUT2D eigenvalue weighted by atomic mass is 32.2. The maximum atomic E-state index is 14.8. The Bertz CT molecular complexity index is 1400. The first-order valence-corrected chi connectivity index (χ1v) is 13.5. The summed E-state index contributed by atoms with van der Waals surface area (Å²) in [6, 6.07) is 2.78. The van der Waals surface area contributed by atoms with Gasteiger partial charge in [-0.25, -0.2) is 22.0 Å². The van der Waals surface area contributed by atoms with E-state index >= 15 is 0 Å². The number of fused-ring (bicyclic) bond motifs is 3. The summed E-state index contributed by atoms with van der Waals surface area (Å²) in [5.41, 5.74) is -9.34. The molecule has 40 heavy (non-hydrogen) atoms. The number of hydrogen-bond acceptors (Lipinski definition) is 5. The molecule has 1 aliphatic carbocycles. The molecule has 0 radical (unpaired) electrons.